The van der Waals surface area contributed by atoms with Crippen molar-refractivity contribution in [1.29, 1.82) is 0 Å². The minimum absolute atomic E-state index is 0.104. The smallest absolute Gasteiger partial charge is 0.463 e. The normalized spacial score (nSPS) is 14.8. The molecular formula is C71H124O16P2. The van der Waals surface area contributed by atoms with Gasteiger partial charge >= 0.3 is 33.6 Å². The third kappa shape index (κ3) is 65.8. The maximum atomic E-state index is 12.9. The SMILES string of the molecule is CC/C=C\C/C=C\C/C=C\C/C=C\C/C=C\C/C=C\CCCCCCC(=O)OCC(O)COP(=O)(O)OCC(O)COP(=O)(O)OCC(COC(=O)CCCCCCC/C=C\C/C=C\CCCCC)OC(=O)CCCCCCCCCCCCCCCCC. The molecule has 0 aromatic carbocycles. The quantitative estimate of drug-likeness (QED) is 0.0146. The summed E-state index contributed by atoms with van der Waals surface area (Å²) in [6, 6.07) is 0. The number of aliphatic hydroxyl groups excluding tert-OH is 2. The van der Waals surface area contributed by atoms with E-state index in [2.05, 4.69) is 118 Å². The highest BCUT2D eigenvalue weighted by molar-refractivity contribution is 7.47. The van der Waals surface area contributed by atoms with E-state index in [1.807, 2.05) is 0 Å². The van der Waals surface area contributed by atoms with Gasteiger partial charge in [-0.05, 0) is 103 Å². The van der Waals surface area contributed by atoms with Gasteiger partial charge in [0.2, 0.25) is 0 Å². The molecule has 0 amide bonds. The average molecular weight is 1300 g/mol. The predicted octanol–water partition coefficient (Wildman–Crippen LogP) is 19.1. The molecule has 5 unspecified atom stereocenters. The number of hydrogen-bond acceptors (Lipinski definition) is 14. The summed E-state index contributed by atoms with van der Waals surface area (Å²) >= 11 is 0. The van der Waals surface area contributed by atoms with Crippen molar-refractivity contribution in [2.75, 3.05) is 39.6 Å². The minimum Gasteiger partial charge on any atom is -0.463 e. The maximum absolute atomic E-state index is 12.9. The molecule has 0 aromatic rings. The number of phosphoric acid groups is 2. The lowest BCUT2D eigenvalue weighted by molar-refractivity contribution is -0.161. The molecule has 514 valence electrons. The van der Waals surface area contributed by atoms with Crippen LogP contribution in [0.2, 0.25) is 0 Å². The Bertz CT molecular complexity index is 2010. The Morgan fingerprint density at radius 2 is 0.596 bits per heavy atom. The van der Waals surface area contributed by atoms with Crippen LogP contribution in [-0.2, 0) is 55.8 Å². The fourth-order valence-electron chi connectivity index (χ4n) is 9.02. The van der Waals surface area contributed by atoms with Crippen molar-refractivity contribution in [1.82, 2.24) is 0 Å². The van der Waals surface area contributed by atoms with Crippen molar-refractivity contribution in [2.45, 2.75) is 296 Å². The second-order valence-corrected chi connectivity index (χ2v) is 25.9. The van der Waals surface area contributed by atoms with Crippen molar-refractivity contribution in [3.63, 3.8) is 0 Å². The number of aliphatic hydroxyl groups is 2. The van der Waals surface area contributed by atoms with Gasteiger partial charge in [0.25, 0.3) is 0 Å². The zero-order chi connectivity index (χ0) is 65.3. The molecule has 0 saturated heterocycles. The molecule has 0 bridgehead atoms. The van der Waals surface area contributed by atoms with Crippen LogP contribution in [0.1, 0.15) is 278 Å². The summed E-state index contributed by atoms with van der Waals surface area (Å²) in [5.41, 5.74) is 0. The maximum Gasteiger partial charge on any atom is 0.472 e. The molecule has 0 rings (SSSR count). The standard InChI is InChI=1S/C71H124O16P2/c1-4-7-10-13-16-19-22-25-28-29-30-31-32-33-34-35-38-40-42-45-48-51-54-57-69(74)81-60-66(72)61-83-88(77,78)84-62-67(73)63-85-89(79,80)86-65-68(87-71(76)59-56-53-50-47-44-41-37-27-24-21-18-15-12-9-6-3)64-82-70(75)58-55-52-49-46-43-39-36-26-23-20-17-14-11-8-5-2/h7,10,16-17,19-20,25-26,28,30-31,33-34,36,38,40,66-68,72-73H,4-6,8-9,11-15,18,21-24,27,29,32,35,37,39,41-65H2,1-3H3,(H,77,78)(H,79,80)/b10-7-,19-16-,20-17-,28-25-,31-30-,34-33-,36-26-,40-38-. The Morgan fingerprint density at radius 3 is 0.966 bits per heavy atom. The number of carbonyl (C=O) groups is 3. The molecule has 18 heteroatoms. The Morgan fingerprint density at radius 1 is 0.326 bits per heavy atom. The summed E-state index contributed by atoms with van der Waals surface area (Å²) in [7, 11) is -9.78. The van der Waals surface area contributed by atoms with Crippen LogP contribution in [0.3, 0.4) is 0 Å². The van der Waals surface area contributed by atoms with Gasteiger partial charge < -0.3 is 34.2 Å². The van der Waals surface area contributed by atoms with Gasteiger partial charge in [0.15, 0.2) is 6.10 Å². The molecule has 4 N–H and O–H groups in total. The van der Waals surface area contributed by atoms with E-state index < -0.39 is 91.5 Å². The highest BCUT2D eigenvalue weighted by atomic mass is 31.2. The van der Waals surface area contributed by atoms with E-state index in [4.69, 9.17) is 32.3 Å². The third-order valence-corrected chi connectivity index (χ3v) is 16.2. The largest absolute Gasteiger partial charge is 0.472 e. The fourth-order valence-corrected chi connectivity index (χ4v) is 10.6. The van der Waals surface area contributed by atoms with Crippen LogP contribution in [0.15, 0.2) is 97.2 Å². The predicted molar refractivity (Wildman–Crippen MR) is 362 cm³/mol. The number of ether oxygens (including phenoxy) is 3. The van der Waals surface area contributed by atoms with Crippen LogP contribution in [0, 0.1) is 0 Å². The molecule has 0 spiro atoms. The van der Waals surface area contributed by atoms with E-state index in [0.29, 0.717) is 19.3 Å². The van der Waals surface area contributed by atoms with E-state index >= 15 is 0 Å². The Hall–Kier alpha value is -3.53. The highest BCUT2D eigenvalue weighted by Gasteiger charge is 2.29. The molecule has 89 heavy (non-hydrogen) atoms. The van der Waals surface area contributed by atoms with Gasteiger partial charge in [-0.1, -0.05) is 253 Å². The number of rotatable bonds is 65. The Labute approximate surface area is 539 Å². The summed E-state index contributed by atoms with van der Waals surface area (Å²) < 4.78 is 60.9. The van der Waals surface area contributed by atoms with Crippen LogP contribution in [0.4, 0.5) is 0 Å². The highest BCUT2D eigenvalue weighted by Crippen LogP contribution is 2.45. The third-order valence-electron chi connectivity index (χ3n) is 14.3. The zero-order valence-electron chi connectivity index (χ0n) is 55.6. The number of allylic oxidation sites excluding steroid dienone is 16. The Balaban J connectivity index is 4.63. The zero-order valence-corrected chi connectivity index (χ0v) is 57.4. The first-order valence-corrected chi connectivity index (χ1v) is 37.5. The first kappa shape index (κ1) is 85.5. The van der Waals surface area contributed by atoms with Gasteiger partial charge in [-0.25, -0.2) is 9.13 Å². The van der Waals surface area contributed by atoms with Crippen molar-refractivity contribution in [3.05, 3.63) is 97.2 Å². The van der Waals surface area contributed by atoms with E-state index in [9.17, 15) is 43.5 Å². The average Bonchev–Trinajstić information content (AvgIpc) is 3.65. The Kier molecular flexibility index (Phi) is 62.0. The summed E-state index contributed by atoms with van der Waals surface area (Å²) in [6.45, 7) is 2.50. The van der Waals surface area contributed by atoms with E-state index in [0.717, 1.165) is 135 Å². The molecule has 0 aliphatic carbocycles. The van der Waals surface area contributed by atoms with Crippen LogP contribution in [0.5, 0.6) is 0 Å². The van der Waals surface area contributed by atoms with E-state index in [-0.39, 0.29) is 19.3 Å². The molecule has 16 nitrogen and oxygen atoms in total. The van der Waals surface area contributed by atoms with Gasteiger partial charge in [0, 0.05) is 19.3 Å². The van der Waals surface area contributed by atoms with Crippen LogP contribution in [-0.4, -0.2) is 95.9 Å². The van der Waals surface area contributed by atoms with E-state index in [1.165, 1.54) is 83.5 Å². The molecule has 5 atom stereocenters. The minimum atomic E-state index is -4.93. The van der Waals surface area contributed by atoms with Crippen molar-refractivity contribution in [3.8, 4) is 0 Å². The van der Waals surface area contributed by atoms with Crippen molar-refractivity contribution < 1.29 is 75.8 Å². The first-order valence-electron chi connectivity index (χ1n) is 34.5. The van der Waals surface area contributed by atoms with Gasteiger partial charge in [0.1, 0.15) is 25.4 Å². The molecule has 0 aliphatic rings. The monoisotopic (exact) mass is 1290 g/mol. The number of esters is 3. The van der Waals surface area contributed by atoms with Gasteiger partial charge in [0.05, 0.1) is 26.4 Å². The summed E-state index contributed by atoms with van der Waals surface area (Å²) in [5.74, 6) is -1.61. The molecule has 0 fully saturated rings. The molecule has 0 saturated carbocycles. The van der Waals surface area contributed by atoms with Crippen LogP contribution >= 0.6 is 15.6 Å². The van der Waals surface area contributed by atoms with Crippen molar-refractivity contribution >= 4 is 33.6 Å². The lowest BCUT2D eigenvalue weighted by Crippen LogP contribution is -2.30. The number of phosphoric ester groups is 2. The lowest BCUT2D eigenvalue weighted by atomic mass is 10.0. The topological polar surface area (TPSA) is 231 Å². The lowest BCUT2D eigenvalue weighted by Gasteiger charge is -2.21. The summed E-state index contributed by atoms with van der Waals surface area (Å²) in [5, 5.41) is 20.5. The van der Waals surface area contributed by atoms with Gasteiger partial charge in [-0.15, -0.1) is 0 Å². The van der Waals surface area contributed by atoms with Gasteiger partial charge in [-0.2, -0.15) is 0 Å². The fraction of sp³-hybridized carbons (Fsp3) is 0.732. The van der Waals surface area contributed by atoms with Crippen LogP contribution in [0.25, 0.3) is 0 Å². The van der Waals surface area contributed by atoms with Gasteiger partial charge in [-0.3, -0.25) is 32.5 Å². The molecule has 0 aliphatic heterocycles. The number of hydrogen-bond donors (Lipinski definition) is 4. The summed E-state index contributed by atoms with van der Waals surface area (Å²) in [4.78, 5) is 58.4. The second kappa shape index (κ2) is 64.6. The first-order chi connectivity index (χ1) is 43.2. The summed E-state index contributed by atoms with van der Waals surface area (Å²) in [6.07, 6.45) is 70.2. The molecule has 0 radical (unpaired) electrons. The van der Waals surface area contributed by atoms with E-state index in [1.54, 1.807) is 0 Å². The van der Waals surface area contributed by atoms with Crippen LogP contribution < -0.4 is 0 Å². The van der Waals surface area contributed by atoms with Crippen molar-refractivity contribution in [2.24, 2.45) is 0 Å². The second-order valence-electron chi connectivity index (χ2n) is 23.0. The molecule has 0 heterocycles. The molecular weight excluding hydrogens is 1170 g/mol. The molecule has 0 aromatic heterocycles. The number of carbonyl (C=O) groups excluding carboxylic acids is 3. The number of unbranched alkanes of at least 4 members (excludes halogenated alkanes) is 26.